The van der Waals surface area contributed by atoms with E-state index in [0.29, 0.717) is 18.8 Å². The largest absolute Gasteiger partial charge is 0.481 e. The molecule has 0 fully saturated rings. The van der Waals surface area contributed by atoms with Crippen molar-refractivity contribution in [2.45, 2.75) is 46.6 Å². The molecule has 1 aromatic rings. The zero-order valence-corrected chi connectivity index (χ0v) is 10.9. The number of carboxylic acids is 1. The molecular formula is C12H21N3O2. The summed E-state index contributed by atoms with van der Waals surface area (Å²) < 4.78 is 1.79. The van der Waals surface area contributed by atoms with Crippen molar-refractivity contribution in [1.82, 2.24) is 14.8 Å². The van der Waals surface area contributed by atoms with Crippen molar-refractivity contribution in [3.63, 3.8) is 0 Å². The topological polar surface area (TPSA) is 68.0 Å². The van der Waals surface area contributed by atoms with Crippen LogP contribution in [0.1, 0.15) is 46.0 Å². The van der Waals surface area contributed by atoms with E-state index in [2.05, 4.69) is 10.1 Å². The monoisotopic (exact) mass is 239 g/mol. The fraction of sp³-hybridized carbons (Fsp3) is 0.750. The molecule has 96 valence electrons. The predicted octanol–water partition coefficient (Wildman–Crippen LogP) is 2.15. The lowest BCUT2D eigenvalue weighted by Gasteiger charge is -2.15. The summed E-state index contributed by atoms with van der Waals surface area (Å²) in [5.41, 5.74) is 0. The summed E-state index contributed by atoms with van der Waals surface area (Å²) in [5.74, 6) is -0.00622. The lowest BCUT2D eigenvalue weighted by atomic mass is 9.94. The minimum Gasteiger partial charge on any atom is -0.481 e. The molecule has 0 amide bonds. The van der Waals surface area contributed by atoms with Crippen LogP contribution in [0.15, 0.2) is 6.33 Å². The van der Waals surface area contributed by atoms with Crippen molar-refractivity contribution >= 4 is 5.97 Å². The third-order valence-electron chi connectivity index (χ3n) is 2.67. The van der Waals surface area contributed by atoms with Crippen LogP contribution in [-0.2, 0) is 11.2 Å². The molecule has 17 heavy (non-hydrogen) atoms. The quantitative estimate of drug-likeness (QED) is 0.825. The van der Waals surface area contributed by atoms with Crippen LogP contribution in [0.2, 0.25) is 0 Å². The molecular weight excluding hydrogens is 218 g/mol. The molecule has 1 heterocycles. The maximum atomic E-state index is 11.2. The van der Waals surface area contributed by atoms with Gasteiger partial charge in [-0.3, -0.25) is 4.79 Å². The molecule has 1 N–H and O–H groups in total. The number of carboxylic acid groups (broad SMARTS) is 1. The molecule has 0 spiro atoms. The molecule has 0 aliphatic carbocycles. The fourth-order valence-electron chi connectivity index (χ4n) is 1.91. The average molecular weight is 239 g/mol. The highest BCUT2D eigenvalue weighted by Gasteiger charge is 2.22. The normalized spacial score (nSPS) is 13.3. The van der Waals surface area contributed by atoms with Crippen LogP contribution < -0.4 is 0 Å². The highest BCUT2D eigenvalue weighted by Crippen LogP contribution is 2.18. The Morgan fingerprint density at radius 2 is 2.06 bits per heavy atom. The molecule has 0 radical (unpaired) electrons. The Morgan fingerprint density at radius 1 is 1.41 bits per heavy atom. The van der Waals surface area contributed by atoms with Gasteiger partial charge in [0.1, 0.15) is 12.2 Å². The van der Waals surface area contributed by atoms with Crippen molar-refractivity contribution in [3.8, 4) is 0 Å². The van der Waals surface area contributed by atoms with Gasteiger partial charge < -0.3 is 5.11 Å². The summed E-state index contributed by atoms with van der Waals surface area (Å²) in [6.45, 7) is 8.08. The van der Waals surface area contributed by atoms with Crippen LogP contribution in [-0.4, -0.2) is 25.8 Å². The molecule has 1 rings (SSSR count). The molecule has 0 bridgehead atoms. The van der Waals surface area contributed by atoms with E-state index in [1.165, 1.54) is 6.33 Å². The van der Waals surface area contributed by atoms with Crippen LogP contribution in [0.25, 0.3) is 0 Å². The van der Waals surface area contributed by atoms with Crippen molar-refractivity contribution in [1.29, 1.82) is 0 Å². The highest BCUT2D eigenvalue weighted by molar-refractivity contribution is 5.70. The van der Waals surface area contributed by atoms with Gasteiger partial charge in [-0.1, -0.05) is 13.8 Å². The maximum Gasteiger partial charge on any atom is 0.306 e. The van der Waals surface area contributed by atoms with Gasteiger partial charge in [-0.25, -0.2) is 9.67 Å². The summed E-state index contributed by atoms with van der Waals surface area (Å²) in [7, 11) is 0. The first-order valence-corrected chi connectivity index (χ1v) is 6.03. The molecule has 1 aromatic heterocycles. The van der Waals surface area contributed by atoms with E-state index in [1.807, 2.05) is 27.7 Å². The van der Waals surface area contributed by atoms with Gasteiger partial charge in [-0.15, -0.1) is 0 Å². The summed E-state index contributed by atoms with van der Waals surface area (Å²) in [4.78, 5) is 15.3. The van der Waals surface area contributed by atoms with E-state index in [-0.39, 0.29) is 12.0 Å². The van der Waals surface area contributed by atoms with Crippen LogP contribution in [0, 0.1) is 11.8 Å². The first kappa shape index (κ1) is 13.7. The molecule has 5 nitrogen and oxygen atoms in total. The van der Waals surface area contributed by atoms with Gasteiger partial charge in [-0.05, 0) is 26.2 Å². The van der Waals surface area contributed by atoms with E-state index in [0.717, 1.165) is 5.82 Å². The first-order valence-electron chi connectivity index (χ1n) is 6.03. The van der Waals surface area contributed by atoms with E-state index in [4.69, 9.17) is 0 Å². The second-order valence-electron chi connectivity index (χ2n) is 5.08. The molecule has 0 aliphatic heterocycles. The van der Waals surface area contributed by atoms with Gasteiger partial charge in [0, 0.05) is 12.5 Å². The first-order chi connectivity index (χ1) is 7.91. The second kappa shape index (κ2) is 5.80. The number of hydrogen-bond donors (Lipinski definition) is 1. The van der Waals surface area contributed by atoms with E-state index in [9.17, 15) is 9.90 Å². The molecule has 0 saturated heterocycles. The zero-order valence-electron chi connectivity index (χ0n) is 10.9. The van der Waals surface area contributed by atoms with E-state index < -0.39 is 5.97 Å². The average Bonchev–Trinajstić information content (AvgIpc) is 2.63. The summed E-state index contributed by atoms with van der Waals surface area (Å²) in [6, 6.07) is 0.209. The summed E-state index contributed by atoms with van der Waals surface area (Å²) >= 11 is 0. The van der Waals surface area contributed by atoms with Crippen LogP contribution in [0.3, 0.4) is 0 Å². The van der Waals surface area contributed by atoms with Gasteiger partial charge in [-0.2, -0.15) is 5.10 Å². The smallest absolute Gasteiger partial charge is 0.306 e. The van der Waals surface area contributed by atoms with Crippen molar-refractivity contribution in [2.24, 2.45) is 11.8 Å². The maximum absolute atomic E-state index is 11.2. The number of aromatic nitrogens is 3. The molecule has 1 atom stereocenters. The van der Waals surface area contributed by atoms with E-state index >= 15 is 0 Å². The van der Waals surface area contributed by atoms with Gasteiger partial charge in [0.15, 0.2) is 0 Å². The Balaban J connectivity index is 2.79. The Labute approximate surface area is 102 Å². The number of nitrogens with zero attached hydrogens (tertiary/aromatic N) is 3. The van der Waals surface area contributed by atoms with E-state index in [1.54, 1.807) is 4.68 Å². The van der Waals surface area contributed by atoms with Gasteiger partial charge in [0.2, 0.25) is 0 Å². The molecule has 1 unspecified atom stereocenters. The Hall–Kier alpha value is -1.39. The minimum absolute atomic E-state index is 0.209. The van der Waals surface area contributed by atoms with Crippen molar-refractivity contribution < 1.29 is 9.90 Å². The molecule has 0 saturated carbocycles. The Bertz CT molecular complexity index is 372. The fourth-order valence-corrected chi connectivity index (χ4v) is 1.91. The molecule has 0 aliphatic rings. The summed E-state index contributed by atoms with van der Waals surface area (Å²) in [5, 5.41) is 13.3. The van der Waals surface area contributed by atoms with Crippen molar-refractivity contribution in [2.75, 3.05) is 0 Å². The third-order valence-corrected chi connectivity index (χ3v) is 2.67. The number of aliphatic carboxylic acids is 1. The standard InChI is InChI=1S/C12H21N3O2/c1-8(2)5-10(12(16)17)6-11-13-7-14-15(11)9(3)4/h7-10H,5-6H2,1-4H3,(H,16,17). The Kier molecular flexibility index (Phi) is 4.66. The second-order valence-corrected chi connectivity index (χ2v) is 5.08. The van der Waals surface area contributed by atoms with Crippen LogP contribution in [0.4, 0.5) is 0 Å². The number of rotatable bonds is 6. The molecule has 5 heteroatoms. The van der Waals surface area contributed by atoms with Crippen LogP contribution in [0.5, 0.6) is 0 Å². The van der Waals surface area contributed by atoms with Crippen molar-refractivity contribution in [3.05, 3.63) is 12.2 Å². The predicted molar refractivity (Wildman–Crippen MR) is 64.7 cm³/mol. The number of hydrogen-bond acceptors (Lipinski definition) is 3. The SMILES string of the molecule is CC(C)CC(Cc1ncnn1C(C)C)C(=O)O. The minimum atomic E-state index is -0.753. The zero-order chi connectivity index (χ0) is 13.0. The summed E-state index contributed by atoms with van der Waals surface area (Å²) in [6.07, 6.45) is 2.61. The van der Waals surface area contributed by atoms with Gasteiger partial charge in [0.05, 0.1) is 5.92 Å². The lowest BCUT2D eigenvalue weighted by molar-refractivity contribution is -0.142. The third kappa shape index (κ3) is 3.84. The lowest BCUT2D eigenvalue weighted by Crippen LogP contribution is -2.21. The molecule has 0 aromatic carbocycles. The van der Waals surface area contributed by atoms with Gasteiger partial charge >= 0.3 is 5.97 Å². The highest BCUT2D eigenvalue weighted by atomic mass is 16.4. The number of carbonyl (C=O) groups is 1. The van der Waals surface area contributed by atoms with Gasteiger partial charge in [0.25, 0.3) is 0 Å². The Morgan fingerprint density at radius 3 is 2.53 bits per heavy atom. The van der Waals surface area contributed by atoms with Crippen LogP contribution >= 0.6 is 0 Å².